The lowest BCUT2D eigenvalue weighted by Crippen LogP contribution is -2.19. The summed E-state index contributed by atoms with van der Waals surface area (Å²) in [6.45, 7) is 15.5. The Kier molecular flexibility index (Phi) is 6.30. The van der Waals surface area contributed by atoms with Gasteiger partial charge >= 0.3 is 0 Å². The highest BCUT2D eigenvalue weighted by Crippen LogP contribution is 2.26. The molecule has 3 heteroatoms. The predicted octanol–water partition coefficient (Wildman–Crippen LogP) is 4.21. The van der Waals surface area contributed by atoms with Gasteiger partial charge in [-0.05, 0) is 24.3 Å². The Balaban J connectivity index is 2.71. The zero-order chi connectivity index (χ0) is 13.7. The maximum Gasteiger partial charge on any atom is 0.0934 e. The molecule has 0 radical (unpaired) electrons. The van der Waals surface area contributed by atoms with Crippen LogP contribution >= 0.6 is 11.3 Å². The summed E-state index contributed by atoms with van der Waals surface area (Å²) in [5.74, 6) is 1.92. The highest BCUT2D eigenvalue weighted by molar-refractivity contribution is 7.11. The van der Waals surface area contributed by atoms with Gasteiger partial charge in [-0.25, -0.2) is 4.98 Å². The Hall–Kier alpha value is -0.410. The molecule has 0 unspecified atom stereocenters. The average Bonchev–Trinajstić information content (AvgIpc) is 2.59. The van der Waals surface area contributed by atoms with E-state index in [1.54, 1.807) is 0 Å². The van der Waals surface area contributed by atoms with E-state index in [2.05, 4.69) is 46.9 Å². The quantitative estimate of drug-likeness (QED) is 0.801. The van der Waals surface area contributed by atoms with Crippen molar-refractivity contribution in [2.75, 3.05) is 6.54 Å². The van der Waals surface area contributed by atoms with E-state index in [-0.39, 0.29) is 0 Å². The van der Waals surface area contributed by atoms with Crippen molar-refractivity contribution in [1.82, 2.24) is 10.3 Å². The Bertz CT molecular complexity index is 353. The van der Waals surface area contributed by atoms with Crippen LogP contribution in [0.5, 0.6) is 0 Å². The number of nitrogens with zero attached hydrogens (tertiary/aromatic N) is 1. The molecular weight excluding hydrogens is 240 g/mol. The van der Waals surface area contributed by atoms with Gasteiger partial charge in [0.05, 0.1) is 10.7 Å². The molecule has 0 atom stereocenters. The van der Waals surface area contributed by atoms with Crippen LogP contribution in [-0.4, -0.2) is 11.5 Å². The lowest BCUT2D eigenvalue weighted by Gasteiger charge is -2.08. The summed E-state index contributed by atoms with van der Waals surface area (Å²) in [4.78, 5) is 6.26. The molecule has 1 aromatic rings. The molecule has 0 aliphatic carbocycles. The van der Waals surface area contributed by atoms with Gasteiger partial charge in [0.25, 0.3) is 0 Å². The van der Waals surface area contributed by atoms with Crippen molar-refractivity contribution in [1.29, 1.82) is 0 Å². The first kappa shape index (κ1) is 15.6. The third-order valence-electron chi connectivity index (χ3n) is 2.74. The van der Waals surface area contributed by atoms with Crippen molar-refractivity contribution < 1.29 is 0 Å². The van der Waals surface area contributed by atoms with E-state index >= 15 is 0 Å². The van der Waals surface area contributed by atoms with Gasteiger partial charge < -0.3 is 5.32 Å². The minimum absolute atomic E-state index is 0.526. The molecule has 0 aliphatic rings. The lowest BCUT2D eigenvalue weighted by atomic mass is 10.1. The maximum atomic E-state index is 4.83. The minimum Gasteiger partial charge on any atom is -0.312 e. The summed E-state index contributed by atoms with van der Waals surface area (Å²) in [7, 11) is 0. The van der Waals surface area contributed by atoms with Crippen LogP contribution in [0.1, 0.15) is 63.0 Å². The van der Waals surface area contributed by atoms with Gasteiger partial charge in [-0.2, -0.15) is 0 Å². The number of nitrogens with one attached hydrogen (secondary N) is 1. The normalized spacial score (nSPS) is 12.1. The Morgan fingerprint density at radius 1 is 1.06 bits per heavy atom. The van der Waals surface area contributed by atoms with Crippen LogP contribution in [0.15, 0.2) is 0 Å². The molecule has 1 rings (SSSR count). The van der Waals surface area contributed by atoms with Gasteiger partial charge in [0, 0.05) is 17.8 Å². The molecule has 0 aliphatic heterocycles. The zero-order valence-corrected chi connectivity index (χ0v) is 13.5. The number of aromatic nitrogens is 1. The first-order valence-electron chi connectivity index (χ1n) is 7.09. The van der Waals surface area contributed by atoms with Gasteiger partial charge in [0.15, 0.2) is 0 Å². The standard InChI is InChI=1S/C15H28N2S/c1-10(2)7-14-17-15(12(5)6)13(18-14)9-16-8-11(3)4/h10-12,16H,7-9H2,1-6H3. The second kappa shape index (κ2) is 7.25. The SMILES string of the molecule is CC(C)CNCc1sc(CC(C)C)nc1C(C)C. The molecule has 1 aromatic heterocycles. The number of hydrogen-bond donors (Lipinski definition) is 1. The van der Waals surface area contributed by atoms with Crippen molar-refractivity contribution >= 4 is 11.3 Å². The Labute approximate surface area is 116 Å². The molecule has 0 bridgehead atoms. The molecule has 0 fully saturated rings. The third-order valence-corrected chi connectivity index (χ3v) is 3.83. The predicted molar refractivity (Wildman–Crippen MR) is 81.3 cm³/mol. The van der Waals surface area contributed by atoms with E-state index in [4.69, 9.17) is 4.98 Å². The maximum absolute atomic E-state index is 4.83. The molecule has 1 N–H and O–H groups in total. The second-order valence-electron chi connectivity index (χ2n) is 6.19. The van der Waals surface area contributed by atoms with E-state index < -0.39 is 0 Å². The fourth-order valence-corrected chi connectivity index (χ4v) is 3.31. The number of rotatable bonds is 7. The Morgan fingerprint density at radius 2 is 1.72 bits per heavy atom. The number of hydrogen-bond acceptors (Lipinski definition) is 3. The van der Waals surface area contributed by atoms with Crippen molar-refractivity contribution in [3.8, 4) is 0 Å². The highest BCUT2D eigenvalue weighted by Gasteiger charge is 2.14. The largest absolute Gasteiger partial charge is 0.312 e. The van der Waals surface area contributed by atoms with Gasteiger partial charge in [-0.1, -0.05) is 41.5 Å². The molecule has 0 aromatic carbocycles. The molecule has 104 valence electrons. The minimum atomic E-state index is 0.526. The average molecular weight is 268 g/mol. The molecular formula is C15H28N2S. The summed E-state index contributed by atoms with van der Waals surface area (Å²) in [6.07, 6.45) is 1.11. The van der Waals surface area contributed by atoms with E-state index in [1.807, 2.05) is 11.3 Å². The fourth-order valence-electron chi connectivity index (χ4n) is 1.90. The molecule has 0 saturated carbocycles. The molecule has 2 nitrogen and oxygen atoms in total. The van der Waals surface area contributed by atoms with Gasteiger partial charge in [-0.15, -0.1) is 11.3 Å². The lowest BCUT2D eigenvalue weighted by molar-refractivity contribution is 0.552. The van der Waals surface area contributed by atoms with Crippen molar-refractivity contribution in [3.63, 3.8) is 0 Å². The van der Waals surface area contributed by atoms with Crippen LogP contribution in [0.3, 0.4) is 0 Å². The van der Waals surface area contributed by atoms with E-state index in [9.17, 15) is 0 Å². The monoisotopic (exact) mass is 268 g/mol. The van der Waals surface area contributed by atoms with Crippen LogP contribution in [0.2, 0.25) is 0 Å². The zero-order valence-electron chi connectivity index (χ0n) is 12.7. The van der Waals surface area contributed by atoms with E-state index in [0.29, 0.717) is 17.8 Å². The van der Waals surface area contributed by atoms with Crippen LogP contribution in [0.25, 0.3) is 0 Å². The van der Waals surface area contributed by atoms with Crippen LogP contribution in [0.4, 0.5) is 0 Å². The highest BCUT2D eigenvalue weighted by atomic mass is 32.1. The van der Waals surface area contributed by atoms with Crippen LogP contribution in [-0.2, 0) is 13.0 Å². The first-order valence-corrected chi connectivity index (χ1v) is 7.91. The van der Waals surface area contributed by atoms with E-state index in [1.165, 1.54) is 15.6 Å². The van der Waals surface area contributed by atoms with Crippen molar-refractivity contribution in [2.24, 2.45) is 11.8 Å². The smallest absolute Gasteiger partial charge is 0.0934 e. The molecule has 0 spiro atoms. The number of thiazole rings is 1. The molecule has 0 saturated heterocycles. The van der Waals surface area contributed by atoms with E-state index in [0.717, 1.165) is 19.5 Å². The fraction of sp³-hybridized carbons (Fsp3) is 0.800. The second-order valence-corrected chi connectivity index (χ2v) is 7.36. The van der Waals surface area contributed by atoms with Gasteiger partial charge in [0.2, 0.25) is 0 Å². The van der Waals surface area contributed by atoms with Crippen LogP contribution in [0, 0.1) is 11.8 Å². The van der Waals surface area contributed by atoms with Gasteiger partial charge in [-0.3, -0.25) is 0 Å². The summed E-state index contributed by atoms with van der Waals surface area (Å²) in [5, 5.41) is 4.83. The summed E-state index contributed by atoms with van der Waals surface area (Å²) >= 11 is 1.89. The first-order chi connectivity index (χ1) is 8.40. The Morgan fingerprint density at radius 3 is 2.22 bits per heavy atom. The molecule has 1 heterocycles. The topological polar surface area (TPSA) is 24.9 Å². The van der Waals surface area contributed by atoms with Crippen LogP contribution < -0.4 is 5.32 Å². The van der Waals surface area contributed by atoms with Gasteiger partial charge in [0.1, 0.15) is 0 Å². The molecule has 0 amide bonds. The van der Waals surface area contributed by atoms with Crippen molar-refractivity contribution in [3.05, 3.63) is 15.6 Å². The molecule has 18 heavy (non-hydrogen) atoms. The summed E-state index contributed by atoms with van der Waals surface area (Å²) < 4.78 is 0. The third kappa shape index (κ3) is 5.07. The summed E-state index contributed by atoms with van der Waals surface area (Å²) in [6, 6.07) is 0. The van der Waals surface area contributed by atoms with Crippen molar-refractivity contribution in [2.45, 2.75) is 60.4 Å². The summed E-state index contributed by atoms with van der Waals surface area (Å²) in [5.41, 5.74) is 1.30.